The molecule has 7 nitrogen and oxygen atoms in total. The number of carbonyl (C=O) groups excluding carboxylic acids is 4. The lowest BCUT2D eigenvalue weighted by atomic mass is 10.1. The van der Waals surface area contributed by atoms with E-state index in [1.165, 1.54) is 0 Å². The first-order valence-corrected chi connectivity index (χ1v) is 9.07. The number of rotatable bonds is 4. The molecular weight excluding hydrogens is 381 g/mol. The zero-order valence-electron chi connectivity index (χ0n) is 13.8. The van der Waals surface area contributed by atoms with Crippen molar-refractivity contribution in [3.05, 3.63) is 35.4 Å². The van der Waals surface area contributed by atoms with Crippen LogP contribution < -0.4 is 5.32 Å². The molecule has 2 heterocycles. The smallest absolute Gasteiger partial charge is 0.262 e. The van der Waals surface area contributed by atoms with Crippen LogP contribution in [0.5, 0.6) is 0 Å². The molecule has 1 N–H and O–H groups in total. The molecule has 2 aliphatic rings. The highest BCUT2D eigenvalue weighted by molar-refractivity contribution is 6.53. The molecule has 0 unspecified atom stereocenters. The maximum Gasteiger partial charge on any atom is 0.262 e. The zero-order valence-corrected chi connectivity index (χ0v) is 15.3. The number of hydrogen-bond acceptors (Lipinski definition) is 4. The number of halogens is 2. The summed E-state index contributed by atoms with van der Waals surface area (Å²) in [6.07, 6.45) is 1.11. The quantitative estimate of drug-likeness (QED) is 0.610. The summed E-state index contributed by atoms with van der Waals surface area (Å²) in [7, 11) is 0. The lowest BCUT2D eigenvalue weighted by molar-refractivity contribution is -0.130. The van der Waals surface area contributed by atoms with Gasteiger partial charge in [-0.15, -0.1) is 0 Å². The van der Waals surface area contributed by atoms with Crippen LogP contribution in [0, 0.1) is 0 Å². The van der Waals surface area contributed by atoms with E-state index in [0.717, 1.165) is 4.90 Å². The van der Waals surface area contributed by atoms with Crippen LogP contribution in [0.15, 0.2) is 24.3 Å². The number of amides is 4. The van der Waals surface area contributed by atoms with Crippen molar-refractivity contribution < 1.29 is 19.2 Å². The molecule has 0 aliphatic carbocycles. The highest BCUT2D eigenvalue weighted by atomic mass is 35.5. The van der Waals surface area contributed by atoms with Gasteiger partial charge in [0.05, 0.1) is 11.1 Å². The number of likely N-dealkylation sites (tertiary alicyclic amines) is 1. The average molecular weight is 398 g/mol. The van der Waals surface area contributed by atoms with Gasteiger partial charge < -0.3 is 10.2 Å². The number of piperidine rings is 1. The Morgan fingerprint density at radius 3 is 2.12 bits per heavy atom. The van der Waals surface area contributed by atoms with Crippen molar-refractivity contribution in [3.8, 4) is 0 Å². The molecular formula is C17H17Cl2N3O4. The van der Waals surface area contributed by atoms with E-state index in [4.69, 9.17) is 23.2 Å². The fourth-order valence-corrected chi connectivity index (χ4v) is 3.46. The summed E-state index contributed by atoms with van der Waals surface area (Å²) in [5, 5.41) is 2.81. The predicted molar refractivity (Wildman–Crippen MR) is 95.0 cm³/mol. The third-order valence-corrected chi connectivity index (χ3v) is 4.91. The molecule has 0 saturated carbocycles. The van der Waals surface area contributed by atoms with Gasteiger partial charge in [0.2, 0.25) is 5.91 Å². The summed E-state index contributed by atoms with van der Waals surface area (Å²) in [6, 6.07) is 6.36. The van der Waals surface area contributed by atoms with Crippen molar-refractivity contribution in [2.24, 2.45) is 0 Å². The second kappa shape index (κ2) is 7.63. The van der Waals surface area contributed by atoms with E-state index in [-0.39, 0.29) is 18.5 Å². The molecule has 0 spiro atoms. The molecule has 9 heteroatoms. The van der Waals surface area contributed by atoms with E-state index in [1.54, 1.807) is 29.2 Å². The normalized spacial score (nSPS) is 17.7. The fraction of sp³-hybridized carbons (Fsp3) is 0.412. The Labute approximate surface area is 160 Å². The van der Waals surface area contributed by atoms with Gasteiger partial charge in [-0.3, -0.25) is 24.1 Å². The summed E-state index contributed by atoms with van der Waals surface area (Å²) in [5.74, 6) is -1.67. The van der Waals surface area contributed by atoms with Gasteiger partial charge in [-0.05, 0) is 25.0 Å². The van der Waals surface area contributed by atoms with E-state index in [9.17, 15) is 19.2 Å². The summed E-state index contributed by atoms with van der Waals surface area (Å²) >= 11 is 11.2. The SMILES string of the molecule is O=C(CN1C(=O)c2ccccc2C1=O)NC1CCN(C(=O)C(Cl)Cl)CC1. The third kappa shape index (κ3) is 3.68. The molecule has 2 aliphatic heterocycles. The first-order chi connectivity index (χ1) is 12.4. The second-order valence-corrected chi connectivity index (χ2v) is 7.31. The number of fused-ring (bicyclic) bond motifs is 1. The van der Waals surface area contributed by atoms with Crippen LogP contribution in [0.2, 0.25) is 0 Å². The van der Waals surface area contributed by atoms with Crippen LogP contribution in [-0.2, 0) is 9.59 Å². The van der Waals surface area contributed by atoms with Gasteiger partial charge >= 0.3 is 0 Å². The number of imide groups is 1. The fourth-order valence-electron chi connectivity index (χ4n) is 3.18. The predicted octanol–water partition coefficient (Wildman–Crippen LogP) is 1.19. The van der Waals surface area contributed by atoms with E-state index in [0.29, 0.717) is 37.1 Å². The minimum Gasteiger partial charge on any atom is -0.352 e. The molecule has 26 heavy (non-hydrogen) atoms. The maximum absolute atomic E-state index is 12.3. The van der Waals surface area contributed by atoms with Crippen LogP contribution in [0.25, 0.3) is 0 Å². The van der Waals surface area contributed by atoms with Crippen molar-refractivity contribution in [2.45, 2.75) is 23.7 Å². The van der Waals surface area contributed by atoms with Crippen LogP contribution >= 0.6 is 23.2 Å². The lowest BCUT2D eigenvalue weighted by Crippen LogP contribution is -2.50. The van der Waals surface area contributed by atoms with Crippen molar-refractivity contribution in [1.82, 2.24) is 15.1 Å². The van der Waals surface area contributed by atoms with Gasteiger partial charge in [-0.1, -0.05) is 35.3 Å². The van der Waals surface area contributed by atoms with Crippen molar-refractivity contribution in [1.29, 1.82) is 0 Å². The summed E-state index contributed by atoms with van der Waals surface area (Å²) in [6.45, 7) is 0.552. The third-order valence-electron chi connectivity index (χ3n) is 4.54. The summed E-state index contributed by atoms with van der Waals surface area (Å²) < 4.78 is 0. The monoisotopic (exact) mass is 397 g/mol. The molecule has 0 aromatic heterocycles. The van der Waals surface area contributed by atoms with Gasteiger partial charge in [-0.2, -0.15) is 0 Å². The van der Waals surface area contributed by atoms with E-state index in [1.807, 2.05) is 0 Å². The molecule has 1 fully saturated rings. The highest BCUT2D eigenvalue weighted by Gasteiger charge is 2.36. The lowest BCUT2D eigenvalue weighted by Gasteiger charge is -2.32. The van der Waals surface area contributed by atoms with E-state index >= 15 is 0 Å². The Morgan fingerprint density at radius 2 is 1.62 bits per heavy atom. The van der Waals surface area contributed by atoms with Crippen LogP contribution in [0.1, 0.15) is 33.6 Å². The number of benzene rings is 1. The summed E-state index contributed by atoms with van der Waals surface area (Å²) in [5.41, 5.74) is 0.627. The molecule has 0 radical (unpaired) electrons. The molecule has 4 amide bonds. The molecule has 0 atom stereocenters. The number of alkyl halides is 2. The number of nitrogens with one attached hydrogen (secondary N) is 1. The Kier molecular flexibility index (Phi) is 5.48. The maximum atomic E-state index is 12.3. The van der Waals surface area contributed by atoms with Gasteiger partial charge in [0.1, 0.15) is 6.54 Å². The minimum atomic E-state index is -1.09. The Balaban J connectivity index is 1.52. The van der Waals surface area contributed by atoms with Crippen molar-refractivity contribution in [3.63, 3.8) is 0 Å². The number of nitrogens with zero attached hydrogens (tertiary/aromatic N) is 2. The van der Waals surface area contributed by atoms with Gasteiger partial charge in [0, 0.05) is 19.1 Å². The minimum absolute atomic E-state index is 0.133. The Bertz CT molecular complexity index is 725. The first-order valence-electron chi connectivity index (χ1n) is 8.20. The van der Waals surface area contributed by atoms with Crippen LogP contribution in [0.3, 0.4) is 0 Å². The molecule has 1 saturated heterocycles. The molecule has 1 aromatic rings. The number of hydrogen-bond donors (Lipinski definition) is 1. The topological polar surface area (TPSA) is 86.8 Å². The first kappa shape index (κ1) is 18.7. The van der Waals surface area contributed by atoms with Gasteiger partial charge in [0.15, 0.2) is 4.84 Å². The largest absolute Gasteiger partial charge is 0.352 e. The Hall–Kier alpha value is -2.12. The second-order valence-electron chi connectivity index (χ2n) is 6.21. The molecule has 1 aromatic carbocycles. The molecule has 3 rings (SSSR count). The highest BCUT2D eigenvalue weighted by Crippen LogP contribution is 2.22. The van der Waals surface area contributed by atoms with E-state index in [2.05, 4.69) is 5.32 Å². The van der Waals surface area contributed by atoms with Crippen LogP contribution in [-0.4, -0.2) is 63.9 Å². The van der Waals surface area contributed by atoms with Crippen LogP contribution in [0.4, 0.5) is 0 Å². The molecule has 138 valence electrons. The van der Waals surface area contributed by atoms with Crippen molar-refractivity contribution in [2.75, 3.05) is 19.6 Å². The van der Waals surface area contributed by atoms with Gasteiger partial charge in [0.25, 0.3) is 17.7 Å². The number of carbonyl (C=O) groups is 4. The molecule has 0 bridgehead atoms. The Morgan fingerprint density at radius 1 is 1.08 bits per heavy atom. The van der Waals surface area contributed by atoms with E-state index < -0.39 is 22.6 Å². The average Bonchev–Trinajstić information content (AvgIpc) is 2.87. The standard InChI is InChI=1S/C17H17Cl2N3O4/c18-14(19)17(26)21-7-5-10(6-8-21)20-13(23)9-22-15(24)11-3-1-2-4-12(11)16(22)25/h1-4,10,14H,5-9H2,(H,20,23). The zero-order chi connectivity index (χ0) is 18.8. The van der Waals surface area contributed by atoms with Crippen molar-refractivity contribution >= 4 is 46.8 Å². The van der Waals surface area contributed by atoms with Gasteiger partial charge in [-0.25, -0.2) is 0 Å². The summed E-state index contributed by atoms with van der Waals surface area (Å²) in [4.78, 5) is 49.9.